The predicted octanol–water partition coefficient (Wildman–Crippen LogP) is 3.23. The summed E-state index contributed by atoms with van der Waals surface area (Å²) in [6.45, 7) is 4.63. The quantitative estimate of drug-likeness (QED) is 0.761. The first-order chi connectivity index (χ1) is 11.2. The molecule has 0 saturated heterocycles. The summed E-state index contributed by atoms with van der Waals surface area (Å²) in [6, 6.07) is 14.9. The maximum Gasteiger partial charge on any atom is 0.251 e. The van der Waals surface area contributed by atoms with Crippen molar-refractivity contribution >= 4 is 5.91 Å². The van der Waals surface area contributed by atoms with Crippen LogP contribution >= 0.6 is 0 Å². The van der Waals surface area contributed by atoms with Crippen molar-refractivity contribution in [2.45, 2.75) is 6.42 Å². The number of benzene rings is 2. The van der Waals surface area contributed by atoms with Gasteiger partial charge in [0.2, 0.25) is 0 Å². The Kier molecular flexibility index (Phi) is 6.24. The molecule has 2 aromatic rings. The second-order valence-corrected chi connectivity index (χ2v) is 4.98. The molecule has 1 N–H and O–H groups in total. The Hall–Kier alpha value is -2.75. The molecule has 4 heteroatoms. The molecular weight excluding hydrogens is 290 g/mol. The van der Waals surface area contributed by atoms with E-state index in [1.54, 1.807) is 37.5 Å². The lowest BCUT2D eigenvalue weighted by atomic mass is 10.1. The third-order valence-electron chi connectivity index (χ3n) is 3.34. The van der Waals surface area contributed by atoms with Crippen molar-refractivity contribution in [1.82, 2.24) is 5.32 Å². The fourth-order valence-electron chi connectivity index (χ4n) is 2.07. The Balaban J connectivity index is 1.80. The van der Waals surface area contributed by atoms with Crippen molar-refractivity contribution in [2.75, 3.05) is 20.3 Å². The van der Waals surface area contributed by atoms with Crippen LogP contribution in [-0.4, -0.2) is 26.2 Å². The lowest BCUT2D eigenvalue weighted by Crippen LogP contribution is -2.25. The van der Waals surface area contributed by atoms with Gasteiger partial charge >= 0.3 is 0 Å². The maximum atomic E-state index is 12.1. The Morgan fingerprint density at radius 2 is 1.74 bits per heavy atom. The van der Waals surface area contributed by atoms with Crippen LogP contribution in [0.4, 0.5) is 0 Å². The summed E-state index contributed by atoms with van der Waals surface area (Å²) in [4.78, 5) is 12.1. The minimum atomic E-state index is -0.0891. The van der Waals surface area contributed by atoms with Crippen LogP contribution in [0.15, 0.2) is 61.2 Å². The fourth-order valence-corrected chi connectivity index (χ4v) is 2.07. The van der Waals surface area contributed by atoms with Gasteiger partial charge in [0.1, 0.15) is 18.1 Å². The number of carbonyl (C=O) groups is 1. The molecule has 23 heavy (non-hydrogen) atoms. The summed E-state index contributed by atoms with van der Waals surface area (Å²) in [5.41, 5.74) is 1.77. The summed E-state index contributed by atoms with van der Waals surface area (Å²) in [6.07, 6.45) is 2.45. The fraction of sp³-hybridized carbons (Fsp3) is 0.211. The molecule has 120 valence electrons. The van der Waals surface area contributed by atoms with Crippen LogP contribution in [-0.2, 0) is 6.42 Å². The highest BCUT2D eigenvalue weighted by molar-refractivity contribution is 5.94. The number of rotatable bonds is 8. The van der Waals surface area contributed by atoms with Crippen LogP contribution in [0, 0.1) is 0 Å². The summed E-state index contributed by atoms with van der Waals surface area (Å²) >= 11 is 0. The minimum absolute atomic E-state index is 0.0891. The summed E-state index contributed by atoms with van der Waals surface area (Å²) in [5.74, 6) is 1.46. The summed E-state index contributed by atoms with van der Waals surface area (Å²) in [7, 11) is 1.64. The molecule has 0 bridgehead atoms. The van der Waals surface area contributed by atoms with Gasteiger partial charge < -0.3 is 14.8 Å². The van der Waals surface area contributed by atoms with Crippen molar-refractivity contribution < 1.29 is 14.3 Å². The molecule has 4 nitrogen and oxygen atoms in total. The number of hydrogen-bond acceptors (Lipinski definition) is 3. The standard InChI is InChI=1S/C19H21NO3/c1-3-14-23-18-10-6-16(7-11-18)19(21)20-13-12-15-4-8-17(22-2)9-5-15/h3-11H,1,12-14H2,2H3,(H,20,21). The molecule has 0 saturated carbocycles. The van der Waals surface area contributed by atoms with Gasteiger partial charge in [0.05, 0.1) is 7.11 Å². The van der Waals surface area contributed by atoms with Crippen LogP contribution in [0.1, 0.15) is 15.9 Å². The zero-order chi connectivity index (χ0) is 16.5. The average Bonchev–Trinajstić information content (AvgIpc) is 2.61. The van der Waals surface area contributed by atoms with E-state index >= 15 is 0 Å². The van der Waals surface area contributed by atoms with Gasteiger partial charge in [-0.2, -0.15) is 0 Å². The molecule has 0 aromatic heterocycles. The minimum Gasteiger partial charge on any atom is -0.497 e. The molecule has 2 rings (SSSR count). The number of amides is 1. The van der Waals surface area contributed by atoms with Gasteiger partial charge in [0.25, 0.3) is 5.91 Å². The molecular formula is C19H21NO3. The number of nitrogens with one attached hydrogen (secondary N) is 1. The van der Waals surface area contributed by atoms with E-state index < -0.39 is 0 Å². The van der Waals surface area contributed by atoms with E-state index in [1.165, 1.54) is 0 Å². The van der Waals surface area contributed by atoms with Crippen LogP contribution in [0.5, 0.6) is 11.5 Å². The van der Waals surface area contributed by atoms with Gasteiger partial charge in [0, 0.05) is 12.1 Å². The van der Waals surface area contributed by atoms with Crippen LogP contribution in [0.25, 0.3) is 0 Å². The lowest BCUT2D eigenvalue weighted by Gasteiger charge is -2.07. The first-order valence-corrected chi connectivity index (χ1v) is 7.48. The van der Waals surface area contributed by atoms with E-state index in [0.29, 0.717) is 18.7 Å². The number of methoxy groups -OCH3 is 1. The highest BCUT2D eigenvalue weighted by Gasteiger charge is 2.05. The van der Waals surface area contributed by atoms with Crippen LogP contribution < -0.4 is 14.8 Å². The molecule has 0 aliphatic rings. The molecule has 0 aliphatic heterocycles. The van der Waals surface area contributed by atoms with Gasteiger partial charge in [-0.15, -0.1) is 0 Å². The Morgan fingerprint density at radius 1 is 1.09 bits per heavy atom. The van der Waals surface area contributed by atoms with Gasteiger partial charge in [-0.25, -0.2) is 0 Å². The first-order valence-electron chi connectivity index (χ1n) is 7.48. The Labute approximate surface area is 136 Å². The maximum absolute atomic E-state index is 12.1. The zero-order valence-electron chi connectivity index (χ0n) is 13.2. The average molecular weight is 311 g/mol. The molecule has 0 aliphatic carbocycles. The molecule has 1 amide bonds. The van der Waals surface area contributed by atoms with Gasteiger partial charge in [0.15, 0.2) is 0 Å². The Bertz CT molecular complexity index is 633. The topological polar surface area (TPSA) is 47.6 Å². The second kappa shape index (κ2) is 8.63. The Morgan fingerprint density at radius 3 is 2.35 bits per heavy atom. The smallest absolute Gasteiger partial charge is 0.251 e. The largest absolute Gasteiger partial charge is 0.497 e. The SMILES string of the molecule is C=CCOc1ccc(C(=O)NCCc2ccc(OC)cc2)cc1. The van der Waals surface area contributed by atoms with E-state index in [-0.39, 0.29) is 5.91 Å². The van der Waals surface area contributed by atoms with E-state index in [0.717, 1.165) is 23.5 Å². The number of hydrogen-bond donors (Lipinski definition) is 1. The van der Waals surface area contributed by atoms with Crippen molar-refractivity contribution in [3.8, 4) is 11.5 Å². The molecule has 0 spiro atoms. The molecule has 0 unspecified atom stereocenters. The van der Waals surface area contributed by atoms with Crippen molar-refractivity contribution in [1.29, 1.82) is 0 Å². The molecule has 0 radical (unpaired) electrons. The predicted molar refractivity (Wildman–Crippen MR) is 91.2 cm³/mol. The molecule has 2 aromatic carbocycles. The third kappa shape index (κ3) is 5.18. The van der Waals surface area contributed by atoms with Crippen molar-refractivity contribution in [3.05, 3.63) is 72.3 Å². The highest BCUT2D eigenvalue weighted by atomic mass is 16.5. The van der Waals surface area contributed by atoms with Crippen LogP contribution in [0.2, 0.25) is 0 Å². The number of carbonyl (C=O) groups excluding carboxylic acids is 1. The van der Waals surface area contributed by atoms with E-state index in [2.05, 4.69) is 11.9 Å². The van der Waals surface area contributed by atoms with E-state index in [4.69, 9.17) is 9.47 Å². The number of ether oxygens (including phenoxy) is 2. The van der Waals surface area contributed by atoms with Crippen molar-refractivity contribution in [2.24, 2.45) is 0 Å². The van der Waals surface area contributed by atoms with E-state index in [9.17, 15) is 4.79 Å². The normalized spacial score (nSPS) is 9.96. The van der Waals surface area contributed by atoms with Crippen LogP contribution in [0.3, 0.4) is 0 Å². The van der Waals surface area contributed by atoms with Gasteiger partial charge in [-0.3, -0.25) is 4.79 Å². The molecule has 0 fully saturated rings. The first kappa shape index (κ1) is 16.6. The lowest BCUT2D eigenvalue weighted by molar-refractivity contribution is 0.0954. The van der Waals surface area contributed by atoms with Gasteiger partial charge in [-0.1, -0.05) is 24.8 Å². The summed E-state index contributed by atoms with van der Waals surface area (Å²) < 4.78 is 10.5. The zero-order valence-corrected chi connectivity index (χ0v) is 13.2. The monoisotopic (exact) mass is 311 g/mol. The summed E-state index contributed by atoms with van der Waals surface area (Å²) in [5, 5.41) is 2.91. The van der Waals surface area contributed by atoms with E-state index in [1.807, 2.05) is 24.3 Å². The van der Waals surface area contributed by atoms with Gasteiger partial charge in [-0.05, 0) is 48.4 Å². The second-order valence-electron chi connectivity index (χ2n) is 4.98. The molecule has 0 heterocycles. The van der Waals surface area contributed by atoms with Crippen molar-refractivity contribution in [3.63, 3.8) is 0 Å². The molecule has 0 atom stereocenters. The third-order valence-corrected chi connectivity index (χ3v) is 3.34. The highest BCUT2D eigenvalue weighted by Crippen LogP contribution is 2.13.